The van der Waals surface area contributed by atoms with E-state index in [1.807, 2.05) is 24.4 Å². The Morgan fingerprint density at radius 2 is 1.96 bits per heavy atom. The fraction of sp³-hybridized carbons (Fsp3) is 0.200. The molecule has 0 aliphatic carbocycles. The van der Waals surface area contributed by atoms with Gasteiger partial charge in [-0.1, -0.05) is 12.1 Å². The molecule has 3 aromatic rings. The van der Waals surface area contributed by atoms with Crippen LogP contribution in [-0.2, 0) is 0 Å². The fourth-order valence-corrected chi connectivity index (χ4v) is 5.57. The SMILES string of the molecule is N#Cc1ccc(-c2cc(C(N)=O)c3[nH]cc([C@@H]4CCS(O)(O)C4)c3c2)cc1. The number of nitrogens with two attached hydrogens (primary N) is 1. The third-order valence-corrected chi connectivity index (χ3v) is 6.96. The van der Waals surface area contributed by atoms with E-state index in [1.165, 1.54) is 0 Å². The summed E-state index contributed by atoms with van der Waals surface area (Å²) in [7, 11) is -2.52. The summed E-state index contributed by atoms with van der Waals surface area (Å²) in [6.07, 6.45) is 2.54. The smallest absolute Gasteiger partial charge is 0.250 e. The quantitative estimate of drug-likeness (QED) is 0.546. The van der Waals surface area contributed by atoms with Gasteiger partial charge in [-0.15, -0.1) is 0 Å². The van der Waals surface area contributed by atoms with Gasteiger partial charge in [-0.25, -0.2) is 0 Å². The van der Waals surface area contributed by atoms with Crippen molar-refractivity contribution in [2.24, 2.45) is 5.73 Å². The van der Waals surface area contributed by atoms with Gasteiger partial charge in [-0.3, -0.25) is 13.9 Å². The van der Waals surface area contributed by atoms with Crippen molar-refractivity contribution in [1.82, 2.24) is 4.98 Å². The Morgan fingerprint density at radius 3 is 2.56 bits per heavy atom. The van der Waals surface area contributed by atoms with Crippen LogP contribution >= 0.6 is 10.6 Å². The van der Waals surface area contributed by atoms with Crippen LogP contribution in [0.4, 0.5) is 0 Å². The van der Waals surface area contributed by atoms with E-state index in [0.29, 0.717) is 34.6 Å². The topological polar surface area (TPSA) is 123 Å². The van der Waals surface area contributed by atoms with Crippen LogP contribution in [0.15, 0.2) is 42.6 Å². The third-order valence-electron chi connectivity index (χ3n) is 5.14. The number of carbonyl (C=O) groups is 1. The second-order valence-electron chi connectivity index (χ2n) is 6.90. The maximum atomic E-state index is 12.0. The average Bonchev–Trinajstić information content (AvgIpc) is 3.23. The summed E-state index contributed by atoms with van der Waals surface area (Å²) >= 11 is 0. The van der Waals surface area contributed by atoms with Crippen LogP contribution in [0.1, 0.15) is 33.8 Å². The van der Waals surface area contributed by atoms with E-state index < -0.39 is 16.5 Å². The number of nitrogens with one attached hydrogen (secondary N) is 1. The van der Waals surface area contributed by atoms with Crippen molar-refractivity contribution in [2.45, 2.75) is 12.3 Å². The van der Waals surface area contributed by atoms with Crippen molar-refractivity contribution >= 4 is 27.4 Å². The summed E-state index contributed by atoms with van der Waals surface area (Å²) in [6.45, 7) is 0. The van der Waals surface area contributed by atoms with Gasteiger partial charge in [0, 0.05) is 29.0 Å². The Hall–Kier alpha value is -2.79. The standard InChI is InChI=1S/C20H19N3O3S/c21-9-12-1-3-13(4-2-12)15-7-16-18(14-5-6-27(25,26)11-14)10-23-19(16)17(8-15)20(22)24/h1-4,7-8,10,14,23,25-26H,5-6,11H2,(H2,22,24)/t14-/m1/s1. The summed E-state index contributed by atoms with van der Waals surface area (Å²) in [5, 5.41) is 9.84. The lowest BCUT2D eigenvalue weighted by Gasteiger charge is -2.26. The number of nitrogens with zero attached hydrogens (tertiary/aromatic N) is 1. The van der Waals surface area contributed by atoms with E-state index in [2.05, 4.69) is 11.1 Å². The number of carbonyl (C=O) groups excluding carboxylic acids is 1. The zero-order chi connectivity index (χ0) is 19.2. The minimum atomic E-state index is -2.52. The van der Waals surface area contributed by atoms with Crippen molar-refractivity contribution in [3.05, 3.63) is 59.3 Å². The van der Waals surface area contributed by atoms with Gasteiger partial charge in [0.25, 0.3) is 5.91 Å². The molecule has 2 heterocycles. The highest BCUT2D eigenvalue weighted by Crippen LogP contribution is 2.52. The van der Waals surface area contributed by atoms with E-state index in [-0.39, 0.29) is 5.92 Å². The number of fused-ring (bicyclic) bond motifs is 1. The van der Waals surface area contributed by atoms with Crippen LogP contribution in [0.2, 0.25) is 0 Å². The average molecular weight is 381 g/mol. The Kier molecular flexibility index (Phi) is 4.19. The third kappa shape index (κ3) is 3.19. The van der Waals surface area contributed by atoms with Crippen LogP contribution in [0.5, 0.6) is 0 Å². The first-order valence-corrected chi connectivity index (χ1v) is 10.5. The Morgan fingerprint density at radius 1 is 1.22 bits per heavy atom. The lowest BCUT2D eigenvalue weighted by molar-refractivity contribution is 0.100. The molecule has 1 aromatic heterocycles. The zero-order valence-corrected chi connectivity index (χ0v) is 15.3. The van der Waals surface area contributed by atoms with Crippen molar-refractivity contribution < 1.29 is 13.9 Å². The lowest BCUT2D eigenvalue weighted by Crippen LogP contribution is -2.11. The van der Waals surface area contributed by atoms with E-state index in [4.69, 9.17) is 11.0 Å². The van der Waals surface area contributed by atoms with Gasteiger partial charge in [0.05, 0.1) is 22.7 Å². The Balaban J connectivity index is 1.87. The van der Waals surface area contributed by atoms with Gasteiger partial charge in [0.1, 0.15) is 0 Å². The van der Waals surface area contributed by atoms with Crippen LogP contribution < -0.4 is 5.73 Å². The number of primary amides is 1. The molecule has 138 valence electrons. The molecule has 6 nitrogen and oxygen atoms in total. The van der Waals surface area contributed by atoms with Crippen molar-refractivity contribution in [3.8, 4) is 17.2 Å². The molecule has 0 bridgehead atoms. The summed E-state index contributed by atoms with van der Waals surface area (Å²) in [6, 6.07) is 13.0. The predicted octanol–water partition coefficient (Wildman–Crippen LogP) is 4.04. The van der Waals surface area contributed by atoms with Gasteiger partial charge in [-0.05, 0) is 47.4 Å². The molecular weight excluding hydrogens is 362 g/mol. The van der Waals surface area contributed by atoms with Crippen molar-refractivity contribution in [3.63, 3.8) is 0 Å². The summed E-state index contributed by atoms with van der Waals surface area (Å²) < 4.78 is 20.0. The zero-order valence-electron chi connectivity index (χ0n) is 14.5. The van der Waals surface area contributed by atoms with Crippen LogP contribution in [0.25, 0.3) is 22.0 Å². The molecule has 1 aliphatic heterocycles. The first-order valence-electron chi connectivity index (χ1n) is 8.57. The minimum Gasteiger partial charge on any atom is -0.366 e. The number of hydrogen-bond acceptors (Lipinski definition) is 4. The highest BCUT2D eigenvalue weighted by atomic mass is 32.3. The second kappa shape index (κ2) is 6.43. The molecular formula is C20H19N3O3S. The van der Waals surface area contributed by atoms with Crippen LogP contribution in [0, 0.1) is 11.3 Å². The number of benzene rings is 2. The molecule has 7 heteroatoms. The van der Waals surface area contributed by atoms with E-state index in [1.54, 1.807) is 18.2 Å². The molecule has 1 amide bonds. The second-order valence-corrected chi connectivity index (χ2v) is 9.25. The van der Waals surface area contributed by atoms with E-state index in [0.717, 1.165) is 22.1 Å². The van der Waals surface area contributed by atoms with Gasteiger partial charge in [0.2, 0.25) is 0 Å². The van der Waals surface area contributed by atoms with E-state index in [9.17, 15) is 13.9 Å². The molecule has 5 N–H and O–H groups in total. The largest absolute Gasteiger partial charge is 0.366 e. The van der Waals surface area contributed by atoms with Crippen LogP contribution in [0.3, 0.4) is 0 Å². The number of amides is 1. The summed E-state index contributed by atoms with van der Waals surface area (Å²) in [5.41, 5.74) is 9.89. The highest BCUT2D eigenvalue weighted by Gasteiger charge is 2.31. The molecule has 1 atom stereocenters. The maximum absolute atomic E-state index is 12.0. The number of aromatic nitrogens is 1. The normalized spacial score (nSPS) is 19.7. The van der Waals surface area contributed by atoms with Gasteiger partial charge in [-0.2, -0.15) is 15.9 Å². The van der Waals surface area contributed by atoms with Crippen molar-refractivity contribution in [2.75, 3.05) is 11.5 Å². The molecule has 0 saturated carbocycles. The summed E-state index contributed by atoms with van der Waals surface area (Å²) in [4.78, 5) is 15.2. The monoisotopic (exact) mass is 381 g/mol. The number of nitriles is 1. The number of hydrogen-bond donors (Lipinski definition) is 4. The highest BCUT2D eigenvalue weighted by molar-refractivity contribution is 8.24. The molecule has 1 fully saturated rings. The summed E-state index contributed by atoms with van der Waals surface area (Å²) in [5.74, 6) is 0.246. The van der Waals surface area contributed by atoms with Gasteiger partial charge < -0.3 is 10.7 Å². The lowest BCUT2D eigenvalue weighted by atomic mass is 9.93. The molecule has 1 aliphatic rings. The first-order chi connectivity index (χ1) is 12.9. The fourth-order valence-electron chi connectivity index (χ4n) is 3.75. The first kappa shape index (κ1) is 17.6. The Labute approximate surface area is 158 Å². The molecule has 0 radical (unpaired) electrons. The van der Waals surface area contributed by atoms with E-state index >= 15 is 0 Å². The maximum Gasteiger partial charge on any atom is 0.250 e. The molecule has 2 aromatic carbocycles. The molecule has 0 unspecified atom stereocenters. The number of aromatic amines is 1. The molecule has 27 heavy (non-hydrogen) atoms. The van der Waals surface area contributed by atoms with Gasteiger partial charge in [0.15, 0.2) is 0 Å². The number of rotatable bonds is 3. The Bertz CT molecular complexity index is 1080. The van der Waals surface area contributed by atoms with Crippen LogP contribution in [-0.4, -0.2) is 31.5 Å². The molecule has 4 rings (SSSR count). The van der Waals surface area contributed by atoms with Gasteiger partial charge >= 0.3 is 0 Å². The predicted molar refractivity (Wildman–Crippen MR) is 107 cm³/mol. The molecule has 0 spiro atoms. The minimum absolute atomic E-state index is 0.0284. The number of H-pyrrole nitrogens is 1. The van der Waals surface area contributed by atoms with Crippen molar-refractivity contribution in [1.29, 1.82) is 5.26 Å². The molecule has 1 saturated heterocycles.